The van der Waals surface area contributed by atoms with E-state index in [0.717, 1.165) is 25.3 Å². The van der Waals surface area contributed by atoms with Gasteiger partial charge >= 0.3 is 5.97 Å². The number of carbonyl (C=O) groups excluding carboxylic acids is 2. The monoisotopic (exact) mass is 350 g/mol. The minimum Gasteiger partial charge on any atom is -0.480 e. The molecule has 25 heavy (non-hydrogen) atoms. The molecule has 0 spiro atoms. The number of nitrogens with one attached hydrogen (secondary N) is 2. The Hall–Kier alpha value is -2.44. The molecule has 0 heterocycles. The Balaban J connectivity index is 1.91. The minimum absolute atomic E-state index is 0.101. The van der Waals surface area contributed by atoms with Crippen LogP contribution in [0.3, 0.4) is 0 Å². The number of rotatable bonds is 6. The van der Waals surface area contributed by atoms with Crippen molar-refractivity contribution in [1.82, 2.24) is 10.6 Å². The highest BCUT2D eigenvalue weighted by Crippen LogP contribution is 2.33. The molecule has 1 aliphatic rings. The first kappa shape index (κ1) is 18.9. The second-order valence-corrected chi connectivity index (χ2v) is 6.48. The van der Waals surface area contributed by atoms with E-state index in [9.17, 15) is 23.9 Å². The number of hydrogen-bond acceptors (Lipinski definition) is 3. The van der Waals surface area contributed by atoms with Crippen LogP contribution in [-0.2, 0) is 9.59 Å². The van der Waals surface area contributed by atoms with Gasteiger partial charge in [-0.05, 0) is 49.8 Å². The molecular weight excluding hydrogens is 327 g/mol. The lowest BCUT2D eigenvalue weighted by molar-refractivity contribution is -0.149. The van der Waals surface area contributed by atoms with Gasteiger partial charge < -0.3 is 15.7 Å². The summed E-state index contributed by atoms with van der Waals surface area (Å²) < 4.78 is 13.1. The van der Waals surface area contributed by atoms with E-state index in [4.69, 9.17) is 0 Å². The molecule has 0 atom stereocenters. The van der Waals surface area contributed by atoms with Crippen LogP contribution in [0.2, 0.25) is 0 Å². The van der Waals surface area contributed by atoms with Crippen LogP contribution in [0, 0.1) is 11.7 Å². The lowest BCUT2D eigenvalue weighted by atomic mass is 9.75. The van der Waals surface area contributed by atoms with Gasteiger partial charge in [-0.1, -0.05) is 19.4 Å². The first-order valence-electron chi connectivity index (χ1n) is 8.44. The molecule has 1 aliphatic carbocycles. The largest absolute Gasteiger partial charge is 0.480 e. The number of amides is 2. The van der Waals surface area contributed by atoms with Crippen molar-refractivity contribution in [2.75, 3.05) is 6.54 Å². The molecule has 0 radical (unpaired) electrons. The maximum atomic E-state index is 13.1. The zero-order chi connectivity index (χ0) is 18.4. The van der Waals surface area contributed by atoms with Crippen LogP contribution in [-0.4, -0.2) is 35.0 Å². The molecule has 2 amide bonds. The number of halogens is 1. The van der Waals surface area contributed by atoms with E-state index in [1.807, 2.05) is 0 Å². The normalized spacial score (nSPS) is 22.9. The number of carbonyl (C=O) groups is 3. The predicted molar refractivity (Wildman–Crippen MR) is 89.5 cm³/mol. The molecular formula is C18H23FN2O4. The molecule has 1 aromatic rings. The molecule has 0 unspecified atom stereocenters. The van der Waals surface area contributed by atoms with Crippen LogP contribution in [0.5, 0.6) is 0 Å². The summed E-state index contributed by atoms with van der Waals surface area (Å²) in [6.07, 6.45) is 3.25. The summed E-state index contributed by atoms with van der Waals surface area (Å²) in [5, 5.41) is 14.5. The zero-order valence-electron chi connectivity index (χ0n) is 14.2. The molecule has 0 bridgehead atoms. The van der Waals surface area contributed by atoms with Crippen molar-refractivity contribution >= 4 is 17.8 Å². The molecule has 0 saturated heterocycles. The minimum atomic E-state index is -1.27. The van der Waals surface area contributed by atoms with Gasteiger partial charge in [-0.15, -0.1) is 0 Å². The Kier molecular flexibility index (Phi) is 6.12. The summed E-state index contributed by atoms with van der Waals surface area (Å²) in [5.74, 6) is -2.27. The van der Waals surface area contributed by atoms with Crippen LogP contribution in [0.15, 0.2) is 24.3 Å². The van der Waals surface area contributed by atoms with E-state index in [1.165, 1.54) is 18.2 Å². The fourth-order valence-electron chi connectivity index (χ4n) is 3.17. The maximum Gasteiger partial charge on any atom is 0.329 e. The van der Waals surface area contributed by atoms with Crippen molar-refractivity contribution in [3.63, 3.8) is 0 Å². The maximum absolute atomic E-state index is 13.1. The highest BCUT2D eigenvalue weighted by Gasteiger charge is 2.42. The second kappa shape index (κ2) is 8.09. The SMILES string of the molecule is CCC1CCC(NC(=O)CNC(=O)c2cccc(F)c2)(C(=O)O)CC1. The smallest absolute Gasteiger partial charge is 0.329 e. The molecule has 2 rings (SSSR count). The Morgan fingerprint density at radius 3 is 2.52 bits per heavy atom. The number of benzene rings is 1. The zero-order valence-corrected chi connectivity index (χ0v) is 14.2. The Morgan fingerprint density at radius 1 is 1.28 bits per heavy atom. The third-order valence-electron chi connectivity index (χ3n) is 4.82. The Labute approximate surface area is 145 Å². The summed E-state index contributed by atoms with van der Waals surface area (Å²) in [6, 6.07) is 5.11. The van der Waals surface area contributed by atoms with Crippen LogP contribution in [0.4, 0.5) is 4.39 Å². The van der Waals surface area contributed by atoms with Crippen molar-refractivity contribution in [3.05, 3.63) is 35.6 Å². The van der Waals surface area contributed by atoms with Gasteiger partial charge in [-0.2, -0.15) is 0 Å². The Morgan fingerprint density at radius 2 is 1.96 bits per heavy atom. The number of carboxylic acids is 1. The summed E-state index contributed by atoms with van der Waals surface area (Å²) in [5.41, 5.74) is -1.17. The standard InChI is InChI=1S/C18H23FN2O4/c1-2-12-6-8-18(9-7-12,17(24)25)21-15(22)11-20-16(23)13-4-3-5-14(19)10-13/h3-5,10,12H,2,6-9,11H2,1H3,(H,20,23)(H,21,22)(H,24,25). The first-order chi connectivity index (χ1) is 11.9. The van der Waals surface area contributed by atoms with Gasteiger partial charge in [0.25, 0.3) is 5.91 Å². The van der Waals surface area contributed by atoms with E-state index >= 15 is 0 Å². The predicted octanol–water partition coefficient (Wildman–Crippen LogP) is 2.10. The van der Waals surface area contributed by atoms with E-state index in [-0.39, 0.29) is 12.1 Å². The van der Waals surface area contributed by atoms with Gasteiger partial charge in [0.2, 0.25) is 5.91 Å². The van der Waals surface area contributed by atoms with Gasteiger partial charge in [-0.25, -0.2) is 9.18 Å². The number of aliphatic carboxylic acids is 1. The number of carboxylic acid groups (broad SMARTS) is 1. The quantitative estimate of drug-likeness (QED) is 0.732. The summed E-state index contributed by atoms with van der Waals surface area (Å²) in [6.45, 7) is 1.71. The van der Waals surface area contributed by atoms with Crippen LogP contribution in [0.25, 0.3) is 0 Å². The van der Waals surface area contributed by atoms with Gasteiger partial charge in [-0.3, -0.25) is 9.59 Å². The molecule has 3 N–H and O–H groups in total. The van der Waals surface area contributed by atoms with Gasteiger partial charge in [0.1, 0.15) is 11.4 Å². The molecule has 1 saturated carbocycles. The lowest BCUT2D eigenvalue weighted by Crippen LogP contribution is -2.58. The van der Waals surface area contributed by atoms with Gasteiger partial charge in [0, 0.05) is 5.56 Å². The van der Waals surface area contributed by atoms with Crippen LogP contribution >= 0.6 is 0 Å². The third-order valence-corrected chi connectivity index (χ3v) is 4.82. The van der Waals surface area contributed by atoms with Crippen molar-refractivity contribution in [1.29, 1.82) is 0 Å². The fraction of sp³-hybridized carbons (Fsp3) is 0.500. The highest BCUT2D eigenvalue weighted by atomic mass is 19.1. The third kappa shape index (κ3) is 4.78. The molecule has 136 valence electrons. The first-order valence-corrected chi connectivity index (χ1v) is 8.44. The molecule has 0 aliphatic heterocycles. The van der Waals surface area contributed by atoms with E-state index in [2.05, 4.69) is 17.6 Å². The van der Waals surface area contributed by atoms with Gasteiger partial charge in [0.15, 0.2) is 0 Å². The van der Waals surface area contributed by atoms with E-state index < -0.39 is 29.1 Å². The van der Waals surface area contributed by atoms with E-state index in [0.29, 0.717) is 18.8 Å². The number of hydrogen-bond donors (Lipinski definition) is 3. The molecule has 7 heteroatoms. The van der Waals surface area contributed by atoms with Crippen molar-refractivity contribution in [3.8, 4) is 0 Å². The molecule has 6 nitrogen and oxygen atoms in total. The van der Waals surface area contributed by atoms with Crippen LogP contribution < -0.4 is 10.6 Å². The van der Waals surface area contributed by atoms with Crippen LogP contribution in [0.1, 0.15) is 49.4 Å². The summed E-state index contributed by atoms with van der Waals surface area (Å²) in [7, 11) is 0. The molecule has 0 aromatic heterocycles. The van der Waals surface area contributed by atoms with Crippen molar-refractivity contribution in [2.24, 2.45) is 5.92 Å². The molecule has 1 aromatic carbocycles. The Bertz CT molecular complexity index is 654. The van der Waals surface area contributed by atoms with Crippen molar-refractivity contribution < 1.29 is 23.9 Å². The second-order valence-electron chi connectivity index (χ2n) is 6.48. The lowest BCUT2D eigenvalue weighted by Gasteiger charge is -2.37. The summed E-state index contributed by atoms with van der Waals surface area (Å²) >= 11 is 0. The average Bonchev–Trinajstić information content (AvgIpc) is 2.60. The average molecular weight is 350 g/mol. The van der Waals surface area contributed by atoms with Crippen molar-refractivity contribution in [2.45, 2.75) is 44.6 Å². The van der Waals surface area contributed by atoms with Gasteiger partial charge in [0.05, 0.1) is 6.54 Å². The van der Waals surface area contributed by atoms with E-state index in [1.54, 1.807) is 0 Å². The summed E-state index contributed by atoms with van der Waals surface area (Å²) in [4.78, 5) is 35.7. The molecule has 1 fully saturated rings. The highest BCUT2D eigenvalue weighted by molar-refractivity contribution is 5.97. The topological polar surface area (TPSA) is 95.5 Å². The fourth-order valence-corrected chi connectivity index (χ4v) is 3.17.